The Morgan fingerprint density at radius 1 is 1.47 bits per heavy atom. The van der Waals surface area contributed by atoms with Crippen molar-refractivity contribution in [2.24, 2.45) is 0 Å². The van der Waals surface area contributed by atoms with Gasteiger partial charge in [0.2, 0.25) is 0 Å². The van der Waals surface area contributed by atoms with Gasteiger partial charge in [0.05, 0.1) is 13.2 Å². The maximum absolute atomic E-state index is 11.6. The molecule has 5 heteroatoms. The smallest absolute Gasteiger partial charge is 0.410 e. The highest BCUT2D eigenvalue weighted by Gasteiger charge is 2.40. The second kappa shape index (κ2) is 4.55. The number of benzene rings is 1. The number of nitrogens with zero attached hydrogens (tertiary/aromatic N) is 1. The number of hydrogen-bond donors (Lipinski definition) is 1. The number of hydrogen-bond acceptors (Lipinski definition) is 3. The molecule has 0 radical (unpaired) electrons. The van der Waals surface area contributed by atoms with Gasteiger partial charge in [-0.15, -0.1) is 0 Å². The summed E-state index contributed by atoms with van der Waals surface area (Å²) in [5.41, 5.74) is 0.192. The van der Waals surface area contributed by atoms with Gasteiger partial charge in [0.1, 0.15) is 0 Å². The number of rotatable bonds is 3. The van der Waals surface area contributed by atoms with Gasteiger partial charge in [-0.25, -0.2) is 4.79 Å². The lowest BCUT2D eigenvalue weighted by Gasteiger charge is -2.18. The molecule has 1 fully saturated rings. The lowest BCUT2D eigenvalue weighted by molar-refractivity contribution is 0.0219. The molecule has 1 aliphatic heterocycles. The normalized spacial score (nSPS) is 23.9. The van der Waals surface area contributed by atoms with Crippen molar-refractivity contribution in [3.63, 3.8) is 0 Å². The minimum atomic E-state index is -0.788. The molecule has 1 amide bonds. The van der Waals surface area contributed by atoms with Gasteiger partial charge in [0, 0.05) is 11.6 Å². The summed E-state index contributed by atoms with van der Waals surface area (Å²) < 4.78 is 5.12. The van der Waals surface area contributed by atoms with E-state index in [1.807, 2.05) is 12.1 Å². The van der Waals surface area contributed by atoms with E-state index in [1.165, 1.54) is 0 Å². The van der Waals surface area contributed by atoms with Crippen molar-refractivity contribution in [2.45, 2.75) is 19.1 Å². The van der Waals surface area contributed by atoms with E-state index in [-0.39, 0.29) is 6.61 Å². The van der Waals surface area contributed by atoms with E-state index < -0.39 is 11.7 Å². The molecule has 0 aromatic heterocycles. The summed E-state index contributed by atoms with van der Waals surface area (Å²) in [6, 6.07) is 7.29. The van der Waals surface area contributed by atoms with Crippen LogP contribution in [0.2, 0.25) is 5.02 Å². The number of amides is 1. The largest absolute Gasteiger partial charge is 0.439 e. The van der Waals surface area contributed by atoms with Crippen LogP contribution in [0.5, 0.6) is 0 Å². The zero-order valence-corrected chi connectivity index (χ0v) is 10.3. The van der Waals surface area contributed by atoms with E-state index in [4.69, 9.17) is 21.4 Å². The summed E-state index contributed by atoms with van der Waals surface area (Å²) in [5.74, 6) is 0. The van der Waals surface area contributed by atoms with Gasteiger partial charge < -0.3 is 9.84 Å². The van der Waals surface area contributed by atoms with Crippen LogP contribution in [-0.2, 0) is 11.3 Å². The van der Waals surface area contributed by atoms with Crippen LogP contribution in [0.4, 0.5) is 4.79 Å². The second-order valence-corrected chi connectivity index (χ2v) is 4.89. The monoisotopic (exact) mass is 255 g/mol. The third-order valence-electron chi connectivity index (χ3n) is 2.74. The Kier molecular flexibility index (Phi) is 3.26. The van der Waals surface area contributed by atoms with Gasteiger partial charge in [0.25, 0.3) is 0 Å². The SMILES string of the molecule is CC1(CO)CN(Cc2ccc(Cl)cc2)C(=O)O1. The fourth-order valence-corrected chi connectivity index (χ4v) is 1.91. The third-order valence-corrected chi connectivity index (χ3v) is 2.99. The molecular weight excluding hydrogens is 242 g/mol. The first-order chi connectivity index (χ1) is 8.02. The van der Waals surface area contributed by atoms with Crippen molar-refractivity contribution in [1.29, 1.82) is 0 Å². The molecule has 1 aromatic carbocycles. The van der Waals surface area contributed by atoms with Crippen molar-refractivity contribution in [2.75, 3.05) is 13.2 Å². The lowest BCUT2D eigenvalue weighted by Crippen LogP contribution is -2.34. The van der Waals surface area contributed by atoms with Crippen LogP contribution < -0.4 is 0 Å². The molecule has 0 bridgehead atoms. The number of ether oxygens (including phenoxy) is 1. The Labute approximate surface area is 105 Å². The van der Waals surface area contributed by atoms with Crippen LogP contribution in [0, 0.1) is 0 Å². The first-order valence-corrected chi connectivity index (χ1v) is 5.73. The molecule has 1 aliphatic rings. The van der Waals surface area contributed by atoms with E-state index in [9.17, 15) is 4.79 Å². The predicted octanol–water partition coefficient (Wildman–Crippen LogP) is 2.04. The Hall–Kier alpha value is -1.26. The van der Waals surface area contributed by atoms with E-state index in [0.29, 0.717) is 18.1 Å². The minimum Gasteiger partial charge on any atom is -0.439 e. The molecule has 1 N–H and O–H groups in total. The van der Waals surface area contributed by atoms with E-state index >= 15 is 0 Å². The third kappa shape index (κ3) is 2.70. The van der Waals surface area contributed by atoms with Crippen molar-refractivity contribution in [3.8, 4) is 0 Å². The van der Waals surface area contributed by atoms with Gasteiger partial charge in [-0.3, -0.25) is 4.90 Å². The lowest BCUT2D eigenvalue weighted by atomic mass is 10.1. The van der Waals surface area contributed by atoms with Crippen LogP contribution in [-0.4, -0.2) is 34.9 Å². The first kappa shape index (κ1) is 12.2. The number of halogens is 1. The Morgan fingerprint density at radius 2 is 2.12 bits per heavy atom. The first-order valence-electron chi connectivity index (χ1n) is 5.36. The van der Waals surface area contributed by atoms with Crippen molar-refractivity contribution in [1.82, 2.24) is 4.90 Å². The second-order valence-electron chi connectivity index (χ2n) is 4.46. The van der Waals surface area contributed by atoms with Crippen LogP contribution >= 0.6 is 11.6 Å². The van der Waals surface area contributed by atoms with Gasteiger partial charge in [-0.05, 0) is 24.6 Å². The fraction of sp³-hybridized carbons (Fsp3) is 0.417. The highest BCUT2D eigenvalue weighted by Crippen LogP contribution is 2.23. The molecule has 1 aromatic rings. The molecule has 4 nitrogen and oxygen atoms in total. The summed E-state index contributed by atoms with van der Waals surface area (Å²) in [6.45, 7) is 2.40. The van der Waals surface area contributed by atoms with Crippen LogP contribution in [0.25, 0.3) is 0 Å². The molecule has 2 rings (SSSR count). The molecule has 17 heavy (non-hydrogen) atoms. The zero-order chi connectivity index (χ0) is 12.5. The van der Waals surface area contributed by atoms with Crippen molar-refractivity contribution in [3.05, 3.63) is 34.9 Å². The highest BCUT2D eigenvalue weighted by atomic mass is 35.5. The molecule has 1 unspecified atom stereocenters. The standard InChI is InChI=1S/C12H14ClNO3/c1-12(8-15)7-14(11(16)17-12)6-9-2-4-10(13)5-3-9/h2-5,15H,6-8H2,1H3. The topological polar surface area (TPSA) is 49.8 Å². The summed E-state index contributed by atoms with van der Waals surface area (Å²) in [7, 11) is 0. The highest BCUT2D eigenvalue weighted by molar-refractivity contribution is 6.30. The number of aliphatic hydroxyl groups excluding tert-OH is 1. The molecular formula is C12H14ClNO3. The van der Waals surface area contributed by atoms with Crippen LogP contribution in [0.15, 0.2) is 24.3 Å². The Balaban J connectivity index is 2.05. The summed E-state index contributed by atoms with van der Waals surface area (Å²) in [5, 5.41) is 9.81. The fourth-order valence-electron chi connectivity index (χ4n) is 1.79. The van der Waals surface area contributed by atoms with Crippen molar-refractivity contribution >= 4 is 17.7 Å². The molecule has 0 aliphatic carbocycles. The molecule has 92 valence electrons. The van der Waals surface area contributed by atoms with E-state index in [0.717, 1.165) is 5.56 Å². The maximum atomic E-state index is 11.6. The number of aliphatic hydroxyl groups is 1. The number of carbonyl (C=O) groups excluding carboxylic acids is 1. The zero-order valence-electron chi connectivity index (χ0n) is 9.52. The quantitative estimate of drug-likeness (QED) is 0.899. The average molecular weight is 256 g/mol. The number of cyclic esters (lactones) is 1. The van der Waals surface area contributed by atoms with E-state index in [2.05, 4.69) is 0 Å². The predicted molar refractivity (Wildman–Crippen MR) is 63.8 cm³/mol. The van der Waals surface area contributed by atoms with Gasteiger partial charge >= 0.3 is 6.09 Å². The maximum Gasteiger partial charge on any atom is 0.410 e. The molecule has 1 atom stereocenters. The molecule has 0 spiro atoms. The van der Waals surface area contributed by atoms with Crippen molar-refractivity contribution < 1.29 is 14.6 Å². The average Bonchev–Trinajstić information content (AvgIpc) is 2.58. The number of carbonyl (C=O) groups is 1. The summed E-state index contributed by atoms with van der Waals surface area (Å²) in [4.78, 5) is 13.2. The van der Waals surface area contributed by atoms with Gasteiger partial charge in [-0.1, -0.05) is 23.7 Å². The summed E-state index contributed by atoms with van der Waals surface area (Å²) >= 11 is 5.79. The van der Waals surface area contributed by atoms with Crippen LogP contribution in [0.3, 0.4) is 0 Å². The Bertz CT molecular complexity index is 420. The van der Waals surface area contributed by atoms with E-state index in [1.54, 1.807) is 24.0 Å². The molecule has 1 saturated heterocycles. The minimum absolute atomic E-state index is 0.171. The van der Waals surface area contributed by atoms with Crippen LogP contribution in [0.1, 0.15) is 12.5 Å². The van der Waals surface area contributed by atoms with Gasteiger partial charge in [-0.2, -0.15) is 0 Å². The Morgan fingerprint density at radius 3 is 2.65 bits per heavy atom. The molecule has 1 heterocycles. The summed E-state index contributed by atoms with van der Waals surface area (Å²) in [6.07, 6.45) is -0.392. The van der Waals surface area contributed by atoms with Gasteiger partial charge in [0.15, 0.2) is 5.60 Å². The molecule has 0 saturated carbocycles.